The second kappa shape index (κ2) is 4.42. The Morgan fingerprint density at radius 2 is 2.26 bits per heavy atom. The van der Waals surface area contributed by atoms with Crippen molar-refractivity contribution in [2.45, 2.75) is 12.8 Å². The molecule has 1 amide bonds. The number of aryl methyl sites for hydroxylation is 2. The van der Waals surface area contributed by atoms with Gasteiger partial charge in [-0.25, -0.2) is 4.98 Å². The summed E-state index contributed by atoms with van der Waals surface area (Å²) in [5, 5.41) is 0. The van der Waals surface area contributed by atoms with E-state index in [1.165, 1.54) is 0 Å². The van der Waals surface area contributed by atoms with Crippen LogP contribution in [-0.2, 0) is 13.5 Å². The van der Waals surface area contributed by atoms with Gasteiger partial charge in [-0.1, -0.05) is 0 Å². The number of hydrogen-bond acceptors (Lipinski definition) is 3. The minimum absolute atomic E-state index is 0.0572. The lowest BCUT2D eigenvalue weighted by Crippen LogP contribution is -2.36. The van der Waals surface area contributed by atoms with Gasteiger partial charge in [-0.2, -0.15) is 0 Å². The van der Waals surface area contributed by atoms with Gasteiger partial charge in [0.05, 0.1) is 0 Å². The number of rotatable bonds is 1. The maximum atomic E-state index is 12.5. The monoisotopic (exact) mass is 256 g/mol. The van der Waals surface area contributed by atoms with Gasteiger partial charge in [-0.3, -0.25) is 4.79 Å². The van der Waals surface area contributed by atoms with E-state index in [2.05, 4.69) is 4.98 Å². The molecule has 0 saturated heterocycles. The van der Waals surface area contributed by atoms with Crippen LogP contribution in [-0.4, -0.2) is 22.0 Å². The number of anilines is 2. The predicted molar refractivity (Wildman–Crippen MR) is 74.1 cm³/mol. The summed E-state index contributed by atoms with van der Waals surface area (Å²) in [6, 6.07) is 5.71. The topological polar surface area (TPSA) is 64.2 Å². The normalized spacial score (nSPS) is 14.3. The standard InChI is InChI=1S/C14H16N4O/c1-17-8-6-16-13(17)14(19)18-7-2-3-10-9-11(15)4-5-12(10)18/h4-6,8-9H,2-3,7,15H2,1H3. The number of nitrogen functional groups attached to an aromatic ring is 1. The molecule has 0 aliphatic carbocycles. The van der Waals surface area contributed by atoms with Crippen molar-refractivity contribution < 1.29 is 4.79 Å². The van der Waals surface area contributed by atoms with Crippen molar-refractivity contribution in [3.8, 4) is 0 Å². The molecule has 98 valence electrons. The van der Waals surface area contributed by atoms with Gasteiger partial charge in [-0.05, 0) is 36.6 Å². The number of fused-ring (bicyclic) bond motifs is 1. The molecule has 2 aromatic rings. The van der Waals surface area contributed by atoms with E-state index in [4.69, 9.17) is 5.73 Å². The Kier molecular flexibility index (Phi) is 2.74. The number of carbonyl (C=O) groups excluding carboxylic acids is 1. The zero-order valence-electron chi connectivity index (χ0n) is 10.8. The summed E-state index contributed by atoms with van der Waals surface area (Å²) >= 11 is 0. The average molecular weight is 256 g/mol. The molecule has 3 rings (SSSR count). The molecule has 2 heterocycles. The van der Waals surface area contributed by atoms with Crippen molar-refractivity contribution in [1.29, 1.82) is 0 Å². The van der Waals surface area contributed by atoms with Gasteiger partial charge < -0.3 is 15.2 Å². The van der Waals surface area contributed by atoms with Crippen LogP contribution in [0.4, 0.5) is 11.4 Å². The summed E-state index contributed by atoms with van der Waals surface area (Å²) in [5.41, 5.74) is 8.63. The van der Waals surface area contributed by atoms with Crippen molar-refractivity contribution in [1.82, 2.24) is 9.55 Å². The molecule has 0 spiro atoms. The van der Waals surface area contributed by atoms with E-state index in [9.17, 15) is 4.79 Å². The third-order valence-electron chi connectivity index (χ3n) is 3.48. The molecule has 0 atom stereocenters. The van der Waals surface area contributed by atoms with E-state index in [1.54, 1.807) is 21.9 Å². The van der Waals surface area contributed by atoms with Crippen LogP contribution in [0.5, 0.6) is 0 Å². The number of imidazole rings is 1. The quantitative estimate of drug-likeness (QED) is 0.788. The van der Waals surface area contributed by atoms with Crippen molar-refractivity contribution in [3.05, 3.63) is 42.0 Å². The SMILES string of the molecule is Cn1ccnc1C(=O)N1CCCc2cc(N)ccc21. The molecule has 19 heavy (non-hydrogen) atoms. The molecule has 5 nitrogen and oxygen atoms in total. The molecule has 0 radical (unpaired) electrons. The Morgan fingerprint density at radius 1 is 1.42 bits per heavy atom. The highest BCUT2D eigenvalue weighted by molar-refractivity contribution is 6.04. The molecule has 1 aliphatic heterocycles. The largest absolute Gasteiger partial charge is 0.399 e. The molecule has 2 N–H and O–H groups in total. The lowest BCUT2D eigenvalue weighted by Gasteiger charge is -2.29. The Balaban J connectivity index is 2.00. The Bertz CT molecular complexity index is 632. The molecule has 0 saturated carbocycles. The van der Waals surface area contributed by atoms with E-state index < -0.39 is 0 Å². The zero-order chi connectivity index (χ0) is 13.4. The number of amides is 1. The third-order valence-corrected chi connectivity index (χ3v) is 3.48. The summed E-state index contributed by atoms with van der Waals surface area (Å²) < 4.78 is 1.74. The summed E-state index contributed by atoms with van der Waals surface area (Å²) in [4.78, 5) is 18.5. The third kappa shape index (κ3) is 1.97. The van der Waals surface area contributed by atoms with Crippen LogP contribution >= 0.6 is 0 Å². The van der Waals surface area contributed by atoms with E-state index in [0.29, 0.717) is 5.82 Å². The molecular weight excluding hydrogens is 240 g/mol. The summed E-state index contributed by atoms with van der Waals surface area (Å²) in [5.74, 6) is 0.405. The van der Waals surface area contributed by atoms with Gasteiger partial charge in [0.2, 0.25) is 0 Å². The first-order chi connectivity index (χ1) is 9.16. The smallest absolute Gasteiger partial charge is 0.294 e. The van der Waals surface area contributed by atoms with E-state index in [-0.39, 0.29) is 5.91 Å². The summed E-state index contributed by atoms with van der Waals surface area (Å²) in [6.45, 7) is 0.725. The fourth-order valence-corrected chi connectivity index (χ4v) is 2.52. The van der Waals surface area contributed by atoms with Gasteiger partial charge in [-0.15, -0.1) is 0 Å². The van der Waals surface area contributed by atoms with Crippen LogP contribution in [0.3, 0.4) is 0 Å². The second-order valence-corrected chi connectivity index (χ2v) is 4.81. The highest BCUT2D eigenvalue weighted by Gasteiger charge is 2.25. The minimum atomic E-state index is -0.0572. The first-order valence-electron chi connectivity index (χ1n) is 6.34. The van der Waals surface area contributed by atoms with Crippen molar-refractivity contribution >= 4 is 17.3 Å². The minimum Gasteiger partial charge on any atom is -0.399 e. The Hall–Kier alpha value is -2.30. The number of hydrogen-bond donors (Lipinski definition) is 1. The average Bonchev–Trinajstić information content (AvgIpc) is 2.83. The number of aromatic nitrogens is 2. The van der Waals surface area contributed by atoms with Gasteiger partial charge in [0.25, 0.3) is 5.91 Å². The molecule has 0 bridgehead atoms. The van der Waals surface area contributed by atoms with Gasteiger partial charge in [0.1, 0.15) is 0 Å². The fourth-order valence-electron chi connectivity index (χ4n) is 2.52. The lowest BCUT2D eigenvalue weighted by atomic mass is 10.0. The zero-order valence-corrected chi connectivity index (χ0v) is 10.8. The van der Waals surface area contributed by atoms with Gasteiger partial charge in [0, 0.05) is 37.4 Å². The number of nitrogens with zero attached hydrogens (tertiary/aromatic N) is 3. The van der Waals surface area contributed by atoms with Crippen LogP contribution in [0.2, 0.25) is 0 Å². The van der Waals surface area contributed by atoms with E-state index in [1.807, 2.05) is 25.2 Å². The molecule has 1 aromatic carbocycles. The molecule has 1 aliphatic rings. The highest BCUT2D eigenvalue weighted by atomic mass is 16.2. The van der Waals surface area contributed by atoms with Crippen molar-refractivity contribution in [2.24, 2.45) is 7.05 Å². The maximum Gasteiger partial charge on any atom is 0.294 e. The second-order valence-electron chi connectivity index (χ2n) is 4.81. The van der Waals surface area contributed by atoms with Gasteiger partial charge in [0.15, 0.2) is 5.82 Å². The van der Waals surface area contributed by atoms with Crippen molar-refractivity contribution in [2.75, 3.05) is 17.2 Å². The van der Waals surface area contributed by atoms with Crippen LogP contribution in [0.15, 0.2) is 30.6 Å². The van der Waals surface area contributed by atoms with E-state index in [0.717, 1.165) is 36.3 Å². The highest BCUT2D eigenvalue weighted by Crippen LogP contribution is 2.29. The first-order valence-corrected chi connectivity index (χ1v) is 6.34. The van der Waals surface area contributed by atoms with Gasteiger partial charge >= 0.3 is 0 Å². The molecule has 1 aromatic heterocycles. The molecular formula is C14H16N4O. The lowest BCUT2D eigenvalue weighted by molar-refractivity contribution is 0.0972. The molecule has 0 fully saturated rings. The van der Waals surface area contributed by atoms with Crippen LogP contribution < -0.4 is 10.6 Å². The molecule has 0 unspecified atom stereocenters. The van der Waals surface area contributed by atoms with Crippen LogP contribution in [0.1, 0.15) is 22.6 Å². The predicted octanol–water partition coefficient (Wildman–Crippen LogP) is 1.60. The first kappa shape index (κ1) is 11.8. The number of benzene rings is 1. The van der Waals surface area contributed by atoms with Crippen molar-refractivity contribution in [3.63, 3.8) is 0 Å². The number of carbonyl (C=O) groups is 1. The number of nitrogens with two attached hydrogens (primary N) is 1. The van der Waals surface area contributed by atoms with Crippen LogP contribution in [0, 0.1) is 0 Å². The summed E-state index contributed by atoms with van der Waals surface area (Å²) in [7, 11) is 1.83. The van der Waals surface area contributed by atoms with Crippen LogP contribution in [0.25, 0.3) is 0 Å². The molecule has 5 heteroatoms. The van der Waals surface area contributed by atoms with E-state index >= 15 is 0 Å². The fraction of sp³-hybridized carbons (Fsp3) is 0.286. The maximum absolute atomic E-state index is 12.5. The Morgan fingerprint density at radius 3 is 3.00 bits per heavy atom. The Labute approximate surface area is 111 Å². The summed E-state index contributed by atoms with van der Waals surface area (Å²) in [6.07, 6.45) is 5.33.